The lowest BCUT2D eigenvalue weighted by atomic mass is 9.92. The van der Waals surface area contributed by atoms with Crippen LogP contribution in [0.1, 0.15) is 27.5 Å². The molecule has 0 spiro atoms. The Hall–Kier alpha value is -4.03. The topological polar surface area (TPSA) is 56.8 Å². The molecule has 0 N–H and O–H groups in total. The van der Waals surface area contributed by atoms with Gasteiger partial charge in [0.25, 0.3) is 5.91 Å². The molecule has 0 aliphatic carbocycles. The second-order valence-corrected chi connectivity index (χ2v) is 9.22. The highest BCUT2D eigenvalue weighted by Crippen LogP contribution is 2.36. The zero-order valence-corrected chi connectivity index (χ0v) is 19.5. The average molecular weight is 463 g/mol. The zero-order valence-electron chi connectivity index (χ0n) is 19.5. The monoisotopic (exact) mass is 462 g/mol. The molecule has 2 unspecified atom stereocenters. The number of piperazine rings is 1. The van der Waals surface area contributed by atoms with Crippen LogP contribution in [0.2, 0.25) is 0 Å². The van der Waals surface area contributed by atoms with E-state index in [1.807, 2.05) is 66.5 Å². The van der Waals surface area contributed by atoms with Gasteiger partial charge in [0.2, 0.25) is 5.91 Å². The molecule has 2 bridgehead atoms. The van der Waals surface area contributed by atoms with Gasteiger partial charge in [0.05, 0.1) is 11.6 Å². The molecular formula is C29H26N4O2. The fourth-order valence-electron chi connectivity index (χ4n) is 5.43. The highest BCUT2D eigenvalue weighted by molar-refractivity contribution is 6.07. The lowest BCUT2D eigenvalue weighted by molar-refractivity contribution is -0.126. The Morgan fingerprint density at radius 3 is 2.51 bits per heavy atom. The van der Waals surface area contributed by atoms with Crippen molar-refractivity contribution < 1.29 is 9.59 Å². The molecular weight excluding hydrogens is 436 g/mol. The third-order valence-corrected chi connectivity index (χ3v) is 7.24. The number of aromatic nitrogens is 1. The summed E-state index contributed by atoms with van der Waals surface area (Å²) in [5.41, 5.74) is 3.74. The predicted octanol–water partition coefficient (Wildman–Crippen LogP) is 4.13. The first-order chi connectivity index (χ1) is 17.1. The van der Waals surface area contributed by atoms with Gasteiger partial charge in [-0.2, -0.15) is 0 Å². The Labute approximate surface area is 204 Å². The second kappa shape index (κ2) is 8.64. The molecule has 0 radical (unpaired) electrons. The minimum absolute atomic E-state index is 0.00340. The summed E-state index contributed by atoms with van der Waals surface area (Å²) in [6.07, 6.45) is 3.41. The van der Waals surface area contributed by atoms with Crippen LogP contribution < -0.4 is 4.90 Å². The van der Waals surface area contributed by atoms with E-state index in [-0.39, 0.29) is 17.9 Å². The number of hydrogen-bond donors (Lipinski definition) is 0. The van der Waals surface area contributed by atoms with Crippen LogP contribution in [0, 0.1) is 0 Å². The molecule has 6 nitrogen and oxygen atoms in total. The Balaban J connectivity index is 1.39. The van der Waals surface area contributed by atoms with E-state index in [1.54, 1.807) is 17.3 Å². The summed E-state index contributed by atoms with van der Waals surface area (Å²) in [6.45, 7) is 1.47. The Bertz CT molecular complexity index is 1420. The molecule has 174 valence electrons. The Morgan fingerprint density at radius 1 is 0.886 bits per heavy atom. The van der Waals surface area contributed by atoms with Gasteiger partial charge in [0.1, 0.15) is 6.04 Å². The van der Waals surface area contributed by atoms with Crippen LogP contribution in [0.3, 0.4) is 0 Å². The zero-order chi connectivity index (χ0) is 23.9. The largest absolute Gasteiger partial charge is 0.335 e. The van der Waals surface area contributed by atoms with E-state index in [4.69, 9.17) is 0 Å². The van der Waals surface area contributed by atoms with Crippen LogP contribution in [-0.2, 0) is 4.79 Å². The molecule has 3 heterocycles. The molecule has 2 aliphatic rings. The maximum Gasteiger partial charge on any atom is 0.256 e. The SMILES string of the molecule is CN1C(=O)C2CN(C(=O)c3cncc4ccccc34)CCN2C(c2ccccc2)c2cccc1c2. The van der Waals surface area contributed by atoms with E-state index < -0.39 is 6.04 Å². The van der Waals surface area contributed by atoms with Gasteiger partial charge in [0, 0.05) is 50.1 Å². The van der Waals surface area contributed by atoms with Gasteiger partial charge in [-0.1, -0.05) is 66.7 Å². The van der Waals surface area contributed by atoms with Crippen molar-refractivity contribution in [3.8, 4) is 0 Å². The first-order valence-corrected chi connectivity index (χ1v) is 11.9. The quantitative estimate of drug-likeness (QED) is 0.450. The minimum atomic E-state index is -0.454. The number of carbonyl (C=O) groups excluding carboxylic acids is 2. The molecule has 6 rings (SSSR count). The van der Waals surface area contributed by atoms with Crippen molar-refractivity contribution in [2.24, 2.45) is 0 Å². The van der Waals surface area contributed by atoms with E-state index >= 15 is 0 Å². The number of amides is 2. The van der Waals surface area contributed by atoms with E-state index in [9.17, 15) is 9.59 Å². The standard InChI is InChI=1S/C29H26N4O2/c1-31-23-12-7-11-21(16-23)27(20-8-3-2-4-9-20)33-15-14-32(19-26(33)29(31)35)28(34)25-18-30-17-22-10-5-6-13-24(22)25/h2-13,16-18,26-27H,14-15,19H2,1H3. The summed E-state index contributed by atoms with van der Waals surface area (Å²) >= 11 is 0. The average Bonchev–Trinajstić information content (AvgIpc) is 2.92. The molecule has 2 atom stereocenters. The predicted molar refractivity (Wildman–Crippen MR) is 136 cm³/mol. The summed E-state index contributed by atoms with van der Waals surface area (Å²) in [7, 11) is 1.82. The van der Waals surface area contributed by atoms with Gasteiger partial charge in [-0.05, 0) is 28.6 Å². The van der Waals surface area contributed by atoms with Crippen LogP contribution in [0.4, 0.5) is 5.69 Å². The lowest BCUT2D eigenvalue weighted by Gasteiger charge is -2.47. The number of likely N-dealkylation sites (N-methyl/N-ethyl adjacent to an activating group) is 1. The Kier molecular flexibility index (Phi) is 5.30. The van der Waals surface area contributed by atoms with Crippen molar-refractivity contribution in [2.75, 3.05) is 31.6 Å². The van der Waals surface area contributed by atoms with Crippen LogP contribution in [0.25, 0.3) is 10.8 Å². The first-order valence-electron chi connectivity index (χ1n) is 11.9. The number of nitrogens with zero attached hydrogens (tertiary/aromatic N) is 4. The van der Waals surface area contributed by atoms with Crippen molar-refractivity contribution in [2.45, 2.75) is 12.1 Å². The smallest absolute Gasteiger partial charge is 0.256 e. The molecule has 0 saturated carbocycles. The summed E-state index contributed by atoms with van der Waals surface area (Å²) in [4.78, 5) is 37.5. The van der Waals surface area contributed by atoms with Crippen LogP contribution in [-0.4, -0.2) is 59.3 Å². The molecule has 2 aliphatic heterocycles. The maximum absolute atomic E-state index is 13.8. The summed E-state index contributed by atoms with van der Waals surface area (Å²) < 4.78 is 0. The van der Waals surface area contributed by atoms with Crippen molar-refractivity contribution in [3.05, 3.63) is 108 Å². The third kappa shape index (κ3) is 3.67. The van der Waals surface area contributed by atoms with Crippen molar-refractivity contribution in [3.63, 3.8) is 0 Å². The van der Waals surface area contributed by atoms with E-state index in [2.05, 4.69) is 34.1 Å². The third-order valence-electron chi connectivity index (χ3n) is 7.24. The molecule has 2 amide bonds. The van der Waals surface area contributed by atoms with Gasteiger partial charge in [-0.3, -0.25) is 19.5 Å². The first kappa shape index (κ1) is 21.5. The van der Waals surface area contributed by atoms with Gasteiger partial charge in [-0.25, -0.2) is 0 Å². The maximum atomic E-state index is 13.8. The van der Waals surface area contributed by atoms with E-state index in [0.29, 0.717) is 25.2 Å². The van der Waals surface area contributed by atoms with Gasteiger partial charge < -0.3 is 9.80 Å². The molecule has 6 heteroatoms. The van der Waals surface area contributed by atoms with Crippen molar-refractivity contribution >= 4 is 28.3 Å². The number of carbonyl (C=O) groups is 2. The van der Waals surface area contributed by atoms with Gasteiger partial charge in [0.15, 0.2) is 0 Å². The molecule has 35 heavy (non-hydrogen) atoms. The minimum Gasteiger partial charge on any atom is -0.335 e. The van der Waals surface area contributed by atoms with E-state index in [1.165, 1.54) is 0 Å². The second-order valence-electron chi connectivity index (χ2n) is 9.22. The normalized spacial score (nSPS) is 20.3. The van der Waals surface area contributed by atoms with Crippen LogP contribution >= 0.6 is 0 Å². The number of hydrogen-bond acceptors (Lipinski definition) is 4. The molecule has 1 fully saturated rings. The summed E-state index contributed by atoms with van der Waals surface area (Å²) in [6, 6.07) is 25.8. The number of rotatable bonds is 2. The number of pyridine rings is 1. The van der Waals surface area contributed by atoms with E-state index in [0.717, 1.165) is 27.6 Å². The Morgan fingerprint density at radius 2 is 1.66 bits per heavy atom. The van der Waals surface area contributed by atoms with Crippen molar-refractivity contribution in [1.29, 1.82) is 0 Å². The van der Waals surface area contributed by atoms with Crippen LogP contribution in [0.15, 0.2) is 91.3 Å². The lowest BCUT2D eigenvalue weighted by Crippen LogP contribution is -2.61. The molecule has 3 aromatic carbocycles. The van der Waals surface area contributed by atoms with Crippen molar-refractivity contribution in [1.82, 2.24) is 14.8 Å². The number of fused-ring (bicyclic) bond motifs is 4. The summed E-state index contributed by atoms with van der Waals surface area (Å²) in [5.74, 6) is -0.0856. The van der Waals surface area contributed by atoms with Gasteiger partial charge in [-0.15, -0.1) is 0 Å². The molecule has 4 aromatic rings. The highest BCUT2D eigenvalue weighted by Gasteiger charge is 2.42. The number of anilines is 1. The fourth-order valence-corrected chi connectivity index (χ4v) is 5.43. The van der Waals surface area contributed by atoms with Crippen LogP contribution in [0.5, 0.6) is 0 Å². The fraction of sp³-hybridized carbons (Fsp3) is 0.207. The molecule has 1 saturated heterocycles. The summed E-state index contributed by atoms with van der Waals surface area (Å²) in [5, 5.41) is 1.81. The molecule has 1 aromatic heterocycles. The van der Waals surface area contributed by atoms with Gasteiger partial charge >= 0.3 is 0 Å². The highest BCUT2D eigenvalue weighted by atomic mass is 16.2. The number of benzene rings is 3.